The Kier molecular flexibility index (Phi) is 6.05. The van der Waals surface area contributed by atoms with Gasteiger partial charge in [-0.05, 0) is 37.5 Å². The molecule has 0 radical (unpaired) electrons. The van der Waals surface area contributed by atoms with Gasteiger partial charge in [-0.1, -0.05) is 42.5 Å². The monoisotopic (exact) mass is 349 g/mol. The molecule has 3 rings (SSSR count). The van der Waals surface area contributed by atoms with E-state index in [0.29, 0.717) is 12.5 Å². The zero-order chi connectivity index (χ0) is 18.4. The summed E-state index contributed by atoms with van der Waals surface area (Å²) in [5.41, 5.74) is 2.16. The van der Waals surface area contributed by atoms with Crippen molar-refractivity contribution in [1.82, 2.24) is 9.88 Å². The molecule has 1 amide bonds. The minimum Gasteiger partial charge on any atom is -0.367 e. The van der Waals surface area contributed by atoms with Gasteiger partial charge in [-0.15, -0.1) is 6.58 Å². The lowest BCUT2D eigenvalue weighted by Gasteiger charge is -2.33. The molecule has 0 unspecified atom stereocenters. The predicted molar refractivity (Wildman–Crippen MR) is 106 cm³/mol. The summed E-state index contributed by atoms with van der Waals surface area (Å²) in [6.45, 7) is 7.49. The van der Waals surface area contributed by atoms with E-state index >= 15 is 0 Å². The molecule has 4 heteroatoms. The Bertz CT molecular complexity index is 736. The number of amides is 1. The first kappa shape index (κ1) is 18.2. The minimum atomic E-state index is 0.0797. The lowest BCUT2D eigenvalue weighted by atomic mass is 9.94. The highest BCUT2D eigenvalue weighted by Gasteiger charge is 2.24. The van der Waals surface area contributed by atoms with Gasteiger partial charge in [0, 0.05) is 37.2 Å². The normalized spacial score (nSPS) is 16.1. The van der Waals surface area contributed by atoms with Crippen molar-refractivity contribution in [2.45, 2.75) is 38.1 Å². The van der Waals surface area contributed by atoms with Gasteiger partial charge in [-0.25, -0.2) is 4.98 Å². The van der Waals surface area contributed by atoms with Crippen LogP contribution in [0.2, 0.25) is 0 Å². The number of pyridine rings is 1. The van der Waals surface area contributed by atoms with Crippen LogP contribution in [0.4, 0.5) is 5.82 Å². The second kappa shape index (κ2) is 8.65. The number of carbonyl (C=O) groups excluding carboxylic acids is 1. The van der Waals surface area contributed by atoms with Crippen molar-refractivity contribution >= 4 is 11.7 Å². The highest BCUT2D eigenvalue weighted by Crippen LogP contribution is 2.23. The first-order chi connectivity index (χ1) is 12.7. The summed E-state index contributed by atoms with van der Waals surface area (Å²) < 4.78 is 0. The van der Waals surface area contributed by atoms with Gasteiger partial charge < -0.3 is 10.2 Å². The molecule has 2 aromatic rings. The zero-order valence-electron chi connectivity index (χ0n) is 15.4. The maximum absolute atomic E-state index is 12.7. The Morgan fingerprint density at radius 2 is 1.96 bits per heavy atom. The molecule has 136 valence electrons. The van der Waals surface area contributed by atoms with Crippen molar-refractivity contribution in [2.75, 3.05) is 18.4 Å². The quantitative estimate of drug-likeness (QED) is 0.797. The molecule has 4 nitrogen and oxygen atoms in total. The lowest BCUT2D eigenvalue weighted by Crippen LogP contribution is -2.42. The van der Waals surface area contributed by atoms with E-state index < -0.39 is 0 Å². The Morgan fingerprint density at radius 1 is 1.23 bits per heavy atom. The molecule has 2 heterocycles. The van der Waals surface area contributed by atoms with E-state index in [-0.39, 0.29) is 11.8 Å². The van der Waals surface area contributed by atoms with Crippen LogP contribution in [0.1, 0.15) is 36.4 Å². The maximum Gasteiger partial charge on any atom is 0.223 e. The van der Waals surface area contributed by atoms with E-state index in [0.717, 1.165) is 43.0 Å². The average molecular weight is 349 g/mol. The summed E-state index contributed by atoms with van der Waals surface area (Å²) in [6.07, 6.45) is 4.27. The van der Waals surface area contributed by atoms with Crippen molar-refractivity contribution in [1.29, 1.82) is 0 Å². The van der Waals surface area contributed by atoms with Gasteiger partial charge in [0.25, 0.3) is 0 Å². The summed E-state index contributed by atoms with van der Waals surface area (Å²) in [5, 5.41) is 3.49. The third-order valence-corrected chi connectivity index (χ3v) is 4.99. The molecular weight excluding hydrogens is 322 g/mol. The van der Waals surface area contributed by atoms with Crippen LogP contribution in [-0.2, 0) is 4.79 Å². The number of likely N-dealkylation sites (tertiary alicyclic amines) is 1. The number of benzene rings is 1. The molecule has 1 aliphatic rings. The van der Waals surface area contributed by atoms with Crippen LogP contribution in [0.15, 0.2) is 61.2 Å². The number of rotatable bonds is 6. The molecule has 0 saturated carbocycles. The molecule has 26 heavy (non-hydrogen) atoms. The minimum absolute atomic E-state index is 0.0797. The van der Waals surface area contributed by atoms with Crippen LogP contribution in [0.25, 0.3) is 0 Å². The molecule has 1 aliphatic heterocycles. The topological polar surface area (TPSA) is 45.2 Å². The highest BCUT2D eigenvalue weighted by atomic mass is 16.2. The number of piperidine rings is 1. The number of carbonyl (C=O) groups is 1. The summed E-state index contributed by atoms with van der Waals surface area (Å²) in [5.74, 6) is 1.22. The number of anilines is 1. The second-order valence-electron chi connectivity index (χ2n) is 6.92. The van der Waals surface area contributed by atoms with Crippen molar-refractivity contribution in [3.05, 3.63) is 72.4 Å². The molecule has 1 atom stereocenters. The molecule has 0 bridgehead atoms. The van der Waals surface area contributed by atoms with E-state index in [1.807, 2.05) is 54.3 Å². The van der Waals surface area contributed by atoms with Gasteiger partial charge in [-0.2, -0.15) is 0 Å². The Morgan fingerprint density at radius 3 is 2.62 bits per heavy atom. The first-order valence-electron chi connectivity index (χ1n) is 9.31. The standard InChI is InChI=1S/C22H27N3O/c1-3-18(19-9-5-4-6-10-19)16-22(26)25-14-12-20(13-15-25)24-21-11-7-8-17(2)23-21/h3-11,18,20H,1,12-16H2,2H3,(H,23,24)/t18-/m1/s1. The third kappa shape index (κ3) is 4.72. The van der Waals surface area contributed by atoms with E-state index in [4.69, 9.17) is 0 Å². The van der Waals surface area contributed by atoms with Gasteiger partial charge in [0.05, 0.1) is 0 Å². The smallest absolute Gasteiger partial charge is 0.223 e. The Hall–Kier alpha value is -2.62. The summed E-state index contributed by atoms with van der Waals surface area (Å²) in [6, 6.07) is 16.5. The van der Waals surface area contributed by atoms with Gasteiger partial charge in [0.1, 0.15) is 5.82 Å². The number of nitrogens with one attached hydrogen (secondary N) is 1. The fourth-order valence-electron chi connectivity index (χ4n) is 3.46. The van der Waals surface area contributed by atoms with Crippen LogP contribution in [0, 0.1) is 6.92 Å². The van der Waals surface area contributed by atoms with Crippen molar-refractivity contribution in [3.8, 4) is 0 Å². The molecule has 1 saturated heterocycles. The number of nitrogens with zero attached hydrogens (tertiary/aromatic N) is 2. The predicted octanol–water partition coefficient (Wildman–Crippen LogP) is 4.15. The van der Waals surface area contributed by atoms with E-state index in [1.165, 1.54) is 0 Å². The summed E-state index contributed by atoms with van der Waals surface area (Å²) >= 11 is 0. The second-order valence-corrected chi connectivity index (χ2v) is 6.92. The van der Waals surface area contributed by atoms with Crippen LogP contribution in [0.3, 0.4) is 0 Å². The third-order valence-electron chi connectivity index (χ3n) is 4.99. The molecule has 1 aromatic heterocycles. The van der Waals surface area contributed by atoms with Crippen molar-refractivity contribution < 1.29 is 4.79 Å². The number of hydrogen-bond acceptors (Lipinski definition) is 3. The Balaban J connectivity index is 1.51. The number of aryl methyl sites for hydroxylation is 1. The van der Waals surface area contributed by atoms with Crippen molar-refractivity contribution in [2.24, 2.45) is 0 Å². The molecule has 1 aromatic carbocycles. The van der Waals surface area contributed by atoms with Gasteiger partial charge in [-0.3, -0.25) is 4.79 Å². The van der Waals surface area contributed by atoms with Crippen molar-refractivity contribution in [3.63, 3.8) is 0 Å². The molecule has 0 spiro atoms. The van der Waals surface area contributed by atoms with Crippen LogP contribution in [0.5, 0.6) is 0 Å². The number of allylic oxidation sites excluding steroid dienone is 1. The van der Waals surface area contributed by atoms with E-state index in [2.05, 4.69) is 29.0 Å². The van der Waals surface area contributed by atoms with E-state index in [9.17, 15) is 4.79 Å². The van der Waals surface area contributed by atoms with E-state index in [1.54, 1.807) is 0 Å². The Labute approximate surface area is 155 Å². The maximum atomic E-state index is 12.7. The zero-order valence-corrected chi connectivity index (χ0v) is 15.4. The van der Waals surface area contributed by atoms with Gasteiger partial charge >= 0.3 is 0 Å². The fourth-order valence-corrected chi connectivity index (χ4v) is 3.46. The summed E-state index contributed by atoms with van der Waals surface area (Å²) in [7, 11) is 0. The largest absolute Gasteiger partial charge is 0.367 e. The van der Waals surface area contributed by atoms with Crippen LogP contribution < -0.4 is 5.32 Å². The summed E-state index contributed by atoms with van der Waals surface area (Å²) in [4.78, 5) is 19.2. The SMILES string of the molecule is C=C[C@H](CC(=O)N1CCC(Nc2cccc(C)n2)CC1)c1ccccc1. The van der Waals surface area contributed by atoms with Gasteiger partial charge in [0.15, 0.2) is 0 Å². The lowest BCUT2D eigenvalue weighted by molar-refractivity contribution is -0.132. The van der Waals surface area contributed by atoms with Crippen LogP contribution in [-0.4, -0.2) is 34.9 Å². The first-order valence-corrected chi connectivity index (χ1v) is 9.31. The van der Waals surface area contributed by atoms with Crippen LogP contribution >= 0.6 is 0 Å². The highest BCUT2D eigenvalue weighted by molar-refractivity contribution is 5.77. The molecule has 0 aliphatic carbocycles. The number of aromatic nitrogens is 1. The number of hydrogen-bond donors (Lipinski definition) is 1. The molecule has 1 fully saturated rings. The average Bonchev–Trinajstić information content (AvgIpc) is 2.67. The molecule has 1 N–H and O–H groups in total. The fraction of sp³-hybridized carbons (Fsp3) is 0.364. The van der Waals surface area contributed by atoms with Gasteiger partial charge in [0.2, 0.25) is 5.91 Å². The molecular formula is C22H27N3O.